The van der Waals surface area contributed by atoms with Crippen LogP contribution in [0.1, 0.15) is 45.2 Å². The minimum Gasteiger partial charge on any atom is -0.481 e. The molecule has 128 valence electrons. The number of hydrogen-bond acceptors (Lipinski definition) is 2. The lowest BCUT2D eigenvalue weighted by Crippen LogP contribution is -2.42. The fourth-order valence-corrected chi connectivity index (χ4v) is 4.74. The third-order valence-corrected chi connectivity index (χ3v) is 5.67. The summed E-state index contributed by atoms with van der Waals surface area (Å²) < 4.78 is 0. The van der Waals surface area contributed by atoms with Crippen LogP contribution in [0.5, 0.6) is 0 Å². The second-order valence-electron chi connectivity index (χ2n) is 7.28. The molecule has 0 saturated heterocycles. The van der Waals surface area contributed by atoms with Crippen LogP contribution in [0.15, 0.2) is 41.5 Å². The van der Waals surface area contributed by atoms with E-state index in [0.717, 1.165) is 18.4 Å². The third-order valence-electron chi connectivity index (χ3n) is 5.67. The van der Waals surface area contributed by atoms with Crippen molar-refractivity contribution in [1.29, 1.82) is 0 Å². The van der Waals surface area contributed by atoms with E-state index in [-0.39, 0.29) is 23.8 Å². The summed E-state index contributed by atoms with van der Waals surface area (Å²) in [6, 6.07) is 9.65. The van der Waals surface area contributed by atoms with Crippen molar-refractivity contribution in [1.82, 2.24) is 5.32 Å². The van der Waals surface area contributed by atoms with E-state index < -0.39 is 17.8 Å². The van der Waals surface area contributed by atoms with Gasteiger partial charge in [-0.25, -0.2) is 0 Å². The number of hydrogen-bond donors (Lipinski definition) is 2. The smallest absolute Gasteiger partial charge is 0.307 e. The Morgan fingerprint density at radius 1 is 1.08 bits per heavy atom. The molecule has 1 aromatic rings. The number of benzene rings is 1. The van der Waals surface area contributed by atoms with Crippen molar-refractivity contribution in [3.05, 3.63) is 47.0 Å². The topological polar surface area (TPSA) is 66.4 Å². The van der Waals surface area contributed by atoms with Gasteiger partial charge in [-0.15, -0.1) is 0 Å². The molecule has 2 saturated carbocycles. The van der Waals surface area contributed by atoms with Gasteiger partial charge >= 0.3 is 5.97 Å². The first-order valence-corrected chi connectivity index (χ1v) is 8.67. The van der Waals surface area contributed by atoms with Crippen LogP contribution in [0.25, 0.3) is 0 Å². The number of fused-ring (bicyclic) bond motifs is 2. The lowest BCUT2D eigenvalue weighted by molar-refractivity contribution is -0.149. The van der Waals surface area contributed by atoms with Crippen LogP contribution in [0.3, 0.4) is 0 Å². The molecule has 0 spiro atoms. The molecule has 2 aliphatic carbocycles. The van der Waals surface area contributed by atoms with Crippen LogP contribution in [-0.4, -0.2) is 17.0 Å². The summed E-state index contributed by atoms with van der Waals surface area (Å²) >= 11 is 0. The summed E-state index contributed by atoms with van der Waals surface area (Å²) in [6.07, 6.45) is 1.81. The average Bonchev–Trinajstić information content (AvgIpc) is 3.11. The number of carboxylic acid groups (broad SMARTS) is 1. The van der Waals surface area contributed by atoms with Crippen LogP contribution in [0, 0.1) is 23.7 Å². The quantitative estimate of drug-likeness (QED) is 0.831. The number of carbonyl (C=O) groups is 2. The maximum Gasteiger partial charge on any atom is 0.307 e. The number of rotatable bonds is 4. The first-order chi connectivity index (χ1) is 11.4. The fourth-order valence-electron chi connectivity index (χ4n) is 4.74. The Kier molecular flexibility index (Phi) is 4.48. The van der Waals surface area contributed by atoms with E-state index in [1.165, 1.54) is 11.1 Å². The summed E-state index contributed by atoms with van der Waals surface area (Å²) in [6.45, 7) is 6.01. The van der Waals surface area contributed by atoms with Gasteiger partial charge in [0.2, 0.25) is 5.91 Å². The zero-order valence-corrected chi connectivity index (χ0v) is 14.5. The molecule has 1 amide bonds. The van der Waals surface area contributed by atoms with E-state index in [0.29, 0.717) is 0 Å². The van der Waals surface area contributed by atoms with Gasteiger partial charge in [-0.05, 0) is 51.0 Å². The van der Waals surface area contributed by atoms with Crippen molar-refractivity contribution >= 4 is 11.9 Å². The second kappa shape index (κ2) is 6.42. The van der Waals surface area contributed by atoms with E-state index in [1.54, 1.807) is 0 Å². The molecule has 2 aliphatic rings. The Balaban J connectivity index is 1.83. The molecule has 0 aliphatic heterocycles. The van der Waals surface area contributed by atoms with Gasteiger partial charge in [0.1, 0.15) is 0 Å². The molecule has 5 atom stereocenters. The second-order valence-corrected chi connectivity index (χ2v) is 7.28. The maximum absolute atomic E-state index is 12.9. The molecule has 0 radical (unpaired) electrons. The van der Waals surface area contributed by atoms with Crippen molar-refractivity contribution in [2.24, 2.45) is 23.7 Å². The number of allylic oxidation sites excluding steroid dienone is 2. The fraction of sp³-hybridized carbons (Fsp3) is 0.500. The zero-order chi connectivity index (χ0) is 17.4. The van der Waals surface area contributed by atoms with E-state index in [9.17, 15) is 14.7 Å². The van der Waals surface area contributed by atoms with Crippen molar-refractivity contribution in [2.45, 2.75) is 39.7 Å². The van der Waals surface area contributed by atoms with E-state index in [1.807, 2.05) is 51.1 Å². The monoisotopic (exact) mass is 327 g/mol. The lowest BCUT2D eigenvalue weighted by atomic mass is 9.78. The summed E-state index contributed by atoms with van der Waals surface area (Å²) in [7, 11) is 0. The Hall–Kier alpha value is -2.10. The molecule has 2 N–H and O–H groups in total. The summed E-state index contributed by atoms with van der Waals surface area (Å²) in [5.41, 5.74) is 3.43. The van der Waals surface area contributed by atoms with Gasteiger partial charge in [-0.2, -0.15) is 0 Å². The first kappa shape index (κ1) is 16.7. The van der Waals surface area contributed by atoms with Crippen LogP contribution in [0.2, 0.25) is 0 Å². The SMILES string of the molecule is CC(C)=C1[C@H]2CC[C@H]1[C@@H](C(=O)O)[C@H]2C(=O)N[C@@H](C)c1ccccc1. The lowest BCUT2D eigenvalue weighted by Gasteiger charge is -2.28. The zero-order valence-electron chi connectivity index (χ0n) is 14.5. The number of aliphatic carboxylic acids is 1. The van der Waals surface area contributed by atoms with Crippen molar-refractivity contribution < 1.29 is 14.7 Å². The highest BCUT2D eigenvalue weighted by atomic mass is 16.4. The first-order valence-electron chi connectivity index (χ1n) is 8.67. The van der Waals surface area contributed by atoms with Gasteiger partial charge in [0, 0.05) is 0 Å². The minimum atomic E-state index is -0.839. The van der Waals surface area contributed by atoms with Crippen molar-refractivity contribution in [3.63, 3.8) is 0 Å². The van der Waals surface area contributed by atoms with Gasteiger partial charge in [0.25, 0.3) is 0 Å². The molecule has 4 heteroatoms. The number of carboxylic acids is 1. The van der Waals surface area contributed by atoms with E-state index in [4.69, 9.17) is 0 Å². The van der Waals surface area contributed by atoms with Gasteiger partial charge in [0.05, 0.1) is 17.9 Å². The molecule has 0 unspecified atom stereocenters. The number of nitrogens with one attached hydrogen (secondary N) is 1. The Morgan fingerprint density at radius 3 is 2.21 bits per heavy atom. The molecule has 3 rings (SSSR count). The molecular weight excluding hydrogens is 302 g/mol. The van der Waals surface area contributed by atoms with E-state index >= 15 is 0 Å². The van der Waals surface area contributed by atoms with Crippen LogP contribution >= 0.6 is 0 Å². The standard InChI is InChI=1S/C20H25NO3/c1-11(2)16-14-9-10-15(16)18(20(23)24)17(14)19(22)21-12(3)13-7-5-4-6-8-13/h4-8,12,14-15,17-18H,9-10H2,1-3H3,(H,21,22)(H,23,24)/t12-,14+,15+,17-,18+/m0/s1. The molecule has 0 aromatic heterocycles. The van der Waals surface area contributed by atoms with Gasteiger partial charge in [0.15, 0.2) is 0 Å². The molecule has 0 heterocycles. The van der Waals surface area contributed by atoms with Gasteiger partial charge in [-0.1, -0.05) is 41.5 Å². The summed E-state index contributed by atoms with van der Waals surface area (Å²) in [5.74, 6) is -1.88. The highest BCUT2D eigenvalue weighted by molar-refractivity contribution is 5.87. The molecular formula is C20H25NO3. The Bertz CT molecular complexity index is 675. The van der Waals surface area contributed by atoms with Gasteiger partial charge in [-0.3, -0.25) is 9.59 Å². The predicted molar refractivity (Wildman–Crippen MR) is 92.2 cm³/mol. The van der Waals surface area contributed by atoms with Crippen LogP contribution in [0.4, 0.5) is 0 Å². The van der Waals surface area contributed by atoms with Gasteiger partial charge < -0.3 is 10.4 Å². The Labute approximate surface area is 143 Å². The molecule has 24 heavy (non-hydrogen) atoms. The molecule has 2 bridgehead atoms. The minimum absolute atomic E-state index is 0.0280. The Morgan fingerprint density at radius 2 is 1.67 bits per heavy atom. The average molecular weight is 327 g/mol. The van der Waals surface area contributed by atoms with Crippen molar-refractivity contribution in [3.8, 4) is 0 Å². The predicted octanol–water partition coefficient (Wildman–Crippen LogP) is 3.56. The van der Waals surface area contributed by atoms with E-state index in [2.05, 4.69) is 5.32 Å². The third kappa shape index (κ3) is 2.74. The highest BCUT2D eigenvalue weighted by Gasteiger charge is 2.57. The van der Waals surface area contributed by atoms with Crippen LogP contribution in [-0.2, 0) is 9.59 Å². The largest absolute Gasteiger partial charge is 0.481 e. The highest BCUT2D eigenvalue weighted by Crippen LogP contribution is 2.57. The maximum atomic E-state index is 12.9. The summed E-state index contributed by atoms with van der Waals surface area (Å²) in [5, 5.41) is 12.7. The number of carbonyl (C=O) groups excluding carboxylic acids is 1. The molecule has 1 aromatic carbocycles. The normalized spacial score (nSPS) is 29.4. The van der Waals surface area contributed by atoms with Crippen LogP contribution < -0.4 is 5.32 Å². The van der Waals surface area contributed by atoms with Crippen molar-refractivity contribution in [2.75, 3.05) is 0 Å². The summed E-state index contributed by atoms with van der Waals surface area (Å²) in [4.78, 5) is 24.7. The molecule has 4 nitrogen and oxygen atoms in total. The molecule has 2 fully saturated rings. The number of amides is 1.